The van der Waals surface area contributed by atoms with E-state index in [9.17, 15) is 9.90 Å². The highest BCUT2D eigenvalue weighted by molar-refractivity contribution is 7.18. The van der Waals surface area contributed by atoms with Gasteiger partial charge in [0.05, 0.1) is 0 Å². The van der Waals surface area contributed by atoms with E-state index in [4.69, 9.17) is 14.5 Å². The number of carbonyl (C=O) groups is 1. The van der Waals surface area contributed by atoms with Crippen LogP contribution >= 0.6 is 11.3 Å². The Labute approximate surface area is 195 Å². The first kappa shape index (κ1) is 20.7. The fourth-order valence-corrected chi connectivity index (χ4v) is 6.29. The molecule has 3 aliphatic rings. The summed E-state index contributed by atoms with van der Waals surface area (Å²) in [6.07, 6.45) is 7.69. The van der Waals surface area contributed by atoms with Crippen LogP contribution in [0.5, 0.6) is 11.5 Å². The van der Waals surface area contributed by atoms with Crippen LogP contribution in [0.4, 0.5) is 5.95 Å². The van der Waals surface area contributed by atoms with Crippen molar-refractivity contribution >= 4 is 33.5 Å². The van der Waals surface area contributed by atoms with E-state index in [2.05, 4.69) is 15.2 Å². The van der Waals surface area contributed by atoms with Gasteiger partial charge in [-0.05, 0) is 61.8 Å². The third-order valence-corrected chi connectivity index (χ3v) is 8.28. The molecule has 6 rings (SSSR count). The first-order valence-corrected chi connectivity index (χ1v) is 12.3. The molecule has 1 aliphatic carbocycles. The molecule has 1 aromatic carbocycles. The van der Waals surface area contributed by atoms with Crippen LogP contribution in [-0.2, 0) is 24.2 Å². The number of carboxylic acid groups (broad SMARTS) is 1. The van der Waals surface area contributed by atoms with Crippen molar-refractivity contribution in [2.45, 2.75) is 50.6 Å². The van der Waals surface area contributed by atoms with Gasteiger partial charge in [0.2, 0.25) is 12.7 Å². The molecule has 1 fully saturated rings. The van der Waals surface area contributed by atoms with E-state index >= 15 is 0 Å². The molecule has 0 amide bonds. The molecule has 8 nitrogen and oxygen atoms in total. The maximum Gasteiger partial charge on any atom is 0.324 e. The van der Waals surface area contributed by atoms with Gasteiger partial charge in [0.15, 0.2) is 11.5 Å². The number of nitrogens with zero attached hydrogens (tertiary/aromatic N) is 3. The lowest BCUT2D eigenvalue weighted by molar-refractivity contribution is -0.146. The molecule has 2 aliphatic heterocycles. The zero-order valence-corrected chi connectivity index (χ0v) is 19.1. The summed E-state index contributed by atoms with van der Waals surface area (Å²) in [5.74, 6) is 1.32. The van der Waals surface area contributed by atoms with Gasteiger partial charge in [0.1, 0.15) is 10.4 Å². The van der Waals surface area contributed by atoms with Crippen molar-refractivity contribution in [2.75, 3.05) is 24.8 Å². The average Bonchev–Trinajstić information content (AvgIpc) is 3.46. The Hall–Kier alpha value is -2.91. The molecule has 1 saturated heterocycles. The van der Waals surface area contributed by atoms with Gasteiger partial charge in [0.25, 0.3) is 0 Å². The van der Waals surface area contributed by atoms with Gasteiger partial charge >= 0.3 is 5.97 Å². The lowest BCUT2D eigenvalue weighted by Crippen LogP contribution is -2.58. The number of carboxylic acids is 1. The molecule has 33 heavy (non-hydrogen) atoms. The van der Waals surface area contributed by atoms with Crippen molar-refractivity contribution in [3.05, 3.63) is 40.4 Å². The summed E-state index contributed by atoms with van der Waals surface area (Å²) >= 11 is 1.79. The van der Waals surface area contributed by atoms with Gasteiger partial charge < -0.3 is 19.5 Å². The number of thiophene rings is 1. The predicted molar refractivity (Wildman–Crippen MR) is 125 cm³/mol. The summed E-state index contributed by atoms with van der Waals surface area (Å²) in [7, 11) is 0. The lowest BCUT2D eigenvalue weighted by atomic mass is 9.87. The third kappa shape index (κ3) is 3.69. The van der Waals surface area contributed by atoms with Crippen molar-refractivity contribution in [3.8, 4) is 11.5 Å². The van der Waals surface area contributed by atoms with Crippen molar-refractivity contribution in [2.24, 2.45) is 0 Å². The normalized spacial score (nSPS) is 19.0. The summed E-state index contributed by atoms with van der Waals surface area (Å²) in [6.45, 7) is 1.86. The molecule has 172 valence electrons. The number of rotatable bonds is 5. The van der Waals surface area contributed by atoms with Crippen LogP contribution < -0.4 is 19.7 Å². The highest BCUT2D eigenvalue weighted by Gasteiger charge is 2.41. The van der Waals surface area contributed by atoms with Gasteiger partial charge in [-0.1, -0.05) is 6.07 Å². The lowest BCUT2D eigenvalue weighted by Gasteiger charge is -2.39. The summed E-state index contributed by atoms with van der Waals surface area (Å²) in [6, 6.07) is 5.71. The quantitative estimate of drug-likeness (QED) is 0.590. The SMILES string of the molecule is O=C(O)C1(NCc2ccc3c(c2)OCO3)CCN(c2ncc3c4c(sc3n2)CCCC4)CC1. The minimum Gasteiger partial charge on any atom is -0.480 e. The zero-order chi connectivity index (χ0) is 22.4. The number of aliphatic carboxylic acids is 1. The fraction of sp³-hybridized carbons (Fsp3) is 0.458. The standard InChI is InChI=1S/C24H26N4O4S/c29-22(30)24(26-12-15-5-6-18-19(11-15)32-14-31-18)7-9-28(10-8-24)23-25-13-17-16-3-1-2-4-20(16)33-21(17)27-23/h5-6,11,13,26H,1-4,7-10,12,14H2,(H,29,30). The van der Waals surface area contributed by atoms with Gasteiger partial charge in [0, 0.05) is 36.1 Å². The van der Waals surface area contributed by atoms with Crippen LogP contribution in [0.1, 0.15) is 41.7 Å². The van der Waals surface area contributed by atoms with Crippen molar-refractivity contribution in [1.29, 1.82) is 0 Å². The molecule has 0 spiro atoms. The highest BCUT2D eigenvalue weighted by atomic mass is 32.1. The molecule has 0 unspecified atom stereocenters. The smallest absolute Gasteiger partial charge is 0.324 e. The highest BCUT2D eigenvalue weighted by Crippen LogP contribution is 2.36. The van der Waals surface area contributed by atoms with E-state index in [1.54, 1.807) is 11.3 Å². The monoisotopic (exact) mass is 466 g/mol. The zero-order valence-electron chi connectivity index (χ0n) is 18.3. The predicted octanol–water partition coefficient (Wildman–Crippen LogP) is 3.51. The van der Waals surface area contributed by atoms with E-state index in [1.807, 2.05) is 24.4 Å². The number of hydrogen-bond donors (Lipinski definition) is 2. The second-order valence-corrected chi connectivity index (χ2v) is 10.1. The number of piperidine rings is 1. The molecule has 0 atom stereocenters. The molecule has 3 aromatic rings. The van der Waals surface area contributed by atoms with Crippen molar-refractivity contribution in [3.63, 3.8) is 0 Å². The molecule has 0 bridgehead atoms. The Morgan fingerprint density at radius 1 is 1.18 bits per heavy atom. The van der Waals surface area contributed by atoms with Crippen molar-refractivity contribution < 1.29 is 19.4 Å². The van der Waals surface area contributed by atoms with Crippen LogP contribution in [0.15, 0.2) is 24.4 Å². The van der Waals surface area contributed by atoms with Crippen molar-refractivity contribution in [1.82, 2.24) is 15.3 Å². The van der Waals surface area contributed by atoms with Gasteiger partial charge in [-0.15, -0.1) is 11.3 Å². The molecule has 4 heterocycles. The summed E-state index contributed by atoms with van der Waals surface area (Å²) in [5, 5.41) is 14.6. The molecule has 0 radical (unpaired) electrons. The van der Waals surface area contributed by atoms with Gasteiger partial charge in [-0.2, -0.15) is 0 Å². The number of ether oxygens (including phenoxy) is 2. The van der Waals surface area contributed by atoms with E-state index in [1.165, 1.54) is 28.7 Å². The first-order chi connectivity index (χ1) is 16.1. The molecule has 2 aromatic heterocycles. The fourth-order valence-electron chi connectivity index (χ4n) is 5.06. The maximum absolute atomic E-state index is 12.3. The average molecular weight is 467 g/mol. The molecule has 0 saturated carbocycles. The Morgan fingerprint density at radius 2 is 2.00 bits per heavy atom. The molecular weight excluding hydrogens is 440 g/mol. The number of aryl methyl sites for hydroxylation is 2. The number of benzene rings is 1. The Morgan fingerprint density at radius 3 is 2.85 bits per heavy atom. The number of nitrogens with one attached hydrogen (secondary N) is 1. The van der Waals surface area contributed by atoms with Crippen LogP contribution in [0.3, 0.4) is 0 Å². The summed E-state index contributed by atoms with van der Waals surface area (Å²) < 4.78 is 10.8. The second-order valence-electron chi connectivity index (χ2n) is 9.02. The molecule has 2 N–H and O–H groups in total. The van der Waals surface area contributed by atoms with E-state index in [0.717, 1.165) is 29.0 Å². The number of hydrogen-bond acceptors (Lipinski definition) is 8. The number of anilines is 1. The maximum atomic E-state index is 12.3. The topological polar surface area (TPSA) is 96.8 Å². The van der Waals surface area contributed by atoms with Crippen LogP contribution in [0.2, 0.25) is 0 Å². The Kier molecular flexibility index (Phi) is 5.10. The Balaban J connectivity index is 1.16. The van der Waals surface area contributed by atoms with E-state index in [-0.39, 0.29) is 6.79 Å². The minimum absolute atomic E-state index is 0.225. The van der Waals surface area contributed by atoms with Crippen LogP contribution in [0, 0.1) is 0 Å². The molecule has 9 heteroatoms. The summed E-state index contributed by atoms with van der Waals surface area (Å²) in [4.78, 5) is 26.4. The van der Waals surface area contributed by atoms with E-state index in [0.29, 0.717) is 44.2 Å². The summed E-state index contributed by atoms with van der Waals surface area (Å²) in [5.41, 5.74) is 1.43. The Bertz CT molecular complexity index is 1220. The van der Waals surface area contributed by atoms with Crippen LogP contribution in [0.25, 0.3) is 10.2 Å². The van der Waals surface area contributed by atoms with E-state index < -0.39 is 11.5 Å². The number of fused-ring (bicyclic) bond motifs is 4. The first-order valence-electron chi connectivity index (χ1n) is 11.5. The second kappa shape index (κ2) is 8.14. The number of aromatic nitrogens is 2. The largest absolute Gasteiger partial charge is 0.480 e. The third-order valence-electron chi connectivity index (χ3n) is 7.08. The van der Waals surface area contributed by atoms with Gasteiger partial charge in [-0.25, -0.2) is 9.97 Å². The van der Waals surface area contributed by atoms with Gasteiger partial charge in [-0.3, -0.25) is 10.1 Å². The molecular formula is C24H26N4O4S. The minimum atomic E-state index is -0.973. The van der Waals surface area contributed by atoms with Crippen LogP contribution in [-0.4, -0.2) is 46.5 Å².